The predicted octanol–water partition coefficient (Wildman–Crippen LogP) is 2.12. The van der Waals surface area contributed by atoms with Crippen LogP contribution in [0, 0.1) is 0 Å². The number of rotatable bonds is 2. The van der Waals surface area contributed by atoms with Gasteiger partial charge in [-0.05, 0) is 12.5 Å². The molecule has 1 saturated heterocycles. The molecule has 1 heterocycles. The standard InChI is InChI=1S/C4H8OSi.C4H6O/c1-2-4-6-5-3-1;1-3-5-4-2/h1-4H2;3-4H,1-2H2. The van der Waals surface area contributed by atoms with Gasteiger partial charge in [0.25, 0.3) is 0 Å². The molecule has 1 aliphatic heterocycles. The van der Waals surface area contributed by atoms with E-state index < -0.39 is 0 Å². The van der Waals surface area contributed by atoms with Crippen LogP contribution in [0.15, 0.2) is 25.7 Å². The summed E-state index contributed by atoms with van der Waals surface area (Å²) in [5.41, 5.74) is 0. The third-order valence-corrected chi connectivity index (χ3v) is 2.04. The highest BCUT2D eigenvalue weighted by atomic mass is 28.2. The first kappa shape index (κ1) is 10.5. The minimum atomic E-state index is 0.802. The first-order valence-corrected chi connectivity index (χ1v) is 4.75. The molecule has 2 radical (unpaired) electrons. The molecule has 11 heavy (non-hydrogen) atoms. The van der Waals surface area contributed by atoms with Crippen LogP contribution in [0.4, 0.5) is 0 Å². The molecule has 0 spiro atoms. The van der Waals surface area contributed by atoms with Crippen molar-refractivity contribution in [2.24, 2.45) is 0 Å². The lowest BCUT2D eigenvalue weighted by atomic mass is 10.4. The monoisotopic (exact) mass is 170 g/mol. The van der Waals surface area contributed by atoms with E-state index >= 15 is 0 Å². The fraction of sp³-hybridized carbons (Fsp3) is 0.500. The Bertz CT molecular complexity index is 82.8. The topological polar surface area (TPSA) is 18.5 Å². The molecular weight excluding hydrogens is 156 g/mol. The van der Waals surface area contributed by atoms with E-state index in [1.165, 1.54) is 31.4 Å². The van der Waals surface area contributed by atoms with Crippen LogP contribution in [0.2, 0.25) is 6.04 Å². The third-order valence-electron chi connectivity index (χ3n) is 1.07. The van der Waals surface area contributed by atoms with Crippen molar-refractivity contribution in [1.82, 2.24) is 0 Å². The van der Waals surface area contributed by atoms with Crippen LogP contribution in [-0.4, -0.2) is 16.4 Å². The van der Waals surface area contributed by atoms with Crippen molar-refractivity contribution in [1.29, 1.82) is 0 Å². The summed E-state index contributed by atoms with van der Waals surface area (Å²) >= 11 is 0. The lowest BCUT2D eigenvalue weighted by molar-refractivity contribution is 0.304. The summed E-state index contributed by atoms with van der Waals surface area (Å²) in [7, 11) is 0.802. The van der Waals surface area contributed by atoms with Crippen LogP contribution < -0.4 is 0 Å². The summed E-state index contributed by atoms with van der Waals surface area (Å²) in [6.45, 7) is 7.53. The van der Waals surface area contributed by atoms with Crippen molar-refractivity contribution in [3.8, 4) is 0 Å². The molecule has 1 aliphatic rings. The molecule has 62 valence electrons. The van der Waals surface area contributed by atoms with Crippen molar-refractivity contribution >= 4 is 9.76 Å². The van der Waals surface area contributed by atoms with Gasteiger partial charge in [-0.2, -0.15) is 0 Å². The van der Waals surface area contributed by atoms with Gasteiger partial charge in [0.2, 0.25) is 9.76 Å². The van der Waals surface area contributed by atoms with Crippen molar-refractivity contribution in [2.45, 2.75) is 18.9 Å². The van der Waals surface area contributed by atoms with Crippen molar-refractivity contribution in [3.05, 3.63) is 25.7 Å². The fourth-order valence-corrected chi connectivity index (χ4v) is 1.41. The van der Waals surface area contributed by atoms with Gasteiger partial charge in [-0.1, -0.05) is 19.6 Å². The Labute approximate surface area is 70.8 Å². The highest BCUT2D eigenvalue weighted by Crippen LogP contribution is 2.01. The van der Waals surface area contributed by atoms with E-state index in [4.69, 9.17) is 4.43 Å². The normalized spacial score (nSPS) is 15.6. The summed E-state index contributed by atoms with van der Waals surface area (Å²) in [6.07, 6.45) is 5.30. The molecule has 0 saturated carbocycles. The smallest absolute Gasteiger partial charge is 0.229 e. The van der Waals surface area contributed by atoms with Gasteiger partial charge in [0.1, 0.15) is 0 Å². The molecule has 0 amide bonds. The molecule has 0 atom stereocenters. The van der Waals surface area contributed by atoms with E-state index in [2.05, 4.69) is 17.9 Å². The van der Waals surface area contributed by atoms with Crippen molar-refractivity contribution in [2.75, 3.05) is 6.61 Å². The second-order valence-electron chi connectivity index (χ2n) is 1.92. The zero-order valence-electron chi connectivity index (χ0n) is 6.71. The summed E-state index contributed by atoms with van der Waals surface area (Å²) in [5.74, 6) is 0. The average molecular weight is 170 g/mol. The zero-order chi connectivity index (χ0) is 8.36. The summed E-state index contributed by atoms with van der Waals surface area (Å²) < 4.78 is 9.46. The first-order chi connectivity index (χ1) is 5.41. The van der Waals surface area contributed by atoms with E-state index in [0.29, 0.717) is 0 Å². The molecule has 0 N–H and O–H groups in total. The molecule has 0 aromatic rings. The largest absolute Gasteiger partial charge is 0.474 e. The van der Waals surface area contributed by atoms with Gasteiger partial charge in [-0.25, -0.2) is 0 Å². The highest BCUT2D eigenvalue weighted by Gasteiger charge is 1.97. The summed E-state index contributed by atoms with van der Waals surface area (Å²) in [4.78, 5) is 0. The molecule has 1 fully saturated rings. The van der Waals surface area contributed by atoms with Crippen LogP contribution in [0.25, 0.3) is 0 Å². The Kier molecular flexibility index (Phi) is 8.99. The molecule has 2 nitrogen and oxygen atoms in total. The highest BCUT2D eigenvalue weighted by molar-refractivity contribution is 6.27. The summed E-state index contributed by atoms with van der Waals surface area (Å²) in [5, 5.41) is 0. The van der Waals surface area contributed by atoms with Gasteiger partial charge < -0.3 is 9.16 Å². The maximum atomic E-state index is 5.10. The number of hydrogen-bond donors (Lipinski definition) is 0. The first-order valence-electron chi connectivity index (χ1n) is 3.63. The Morgan fingerprint density at radius 2 is 2.00 bits per heavy atom. The molecule has 0 aromatic carbocycles. The lowest BCUT2D eigenvalue weighted by Gasteiger charge is -2.06. The van der Waals surface area contributed by atoms with E-state index in [9.17, 15) is 0 Å². The second kappa shape index (κ2) is 9.46. The van der Waals surface area contributed by atoms with Crippen molar-refractivity contribution in [3.63, 3.8) is 0 Å². The predicted molar refractivity (Wildman–Crippen MR) is 47.2 cm³/mol. The zero-order valence-corrected chi connectivity index (χ0v) is 7.71. The molecule has 1 rings (SSSR count). The maximum absolute atomic E-state index is 5.10. The SMILES string of the molecule is C1CC[Si]OC1.C=COC=C. The molecule has 0 bridgehead atoms. The molecular formula is C8H14O2Si. The van der Waals surface area contributed by atoms with Gasteiger partial charge in [-0.15, -0.1) is 0 Å². The van der Waals surface area contributed by atoms with Crippen LogP contribution in [0.5, 0.6) is 0 Å². The van der Waals surface area contributed by atoms with Gasteiger partial charge in [-0.3, -0.25) is 0 Å². The number of hydrogen-bond acceptors (Lipinski definition) is 2. The Morgan fingerprint density at radius 1 is 1.27 bits per heavy atom. The quantitative estimate of drug-likeness (QED) is 0.467. The van der Waals surface area contributed by atoms with Crippen LogP contribution in [0.1, 0.15) is 12.8 Å². The molecule has 0 aliphatic carbocycles. The Hall–Kier alpha value is -0.543. The van der Waals surface area contributed by atoms with Crippen LogP contribution >= 0.6 is 0 Å². The van der Waals surface area contributed by atoms with Gasteiger partial charge >= 0.3 is 0 Å². The van der Waals surface area contributed by atoms with Gasteiger partial charge in [0.15, 0.2) is 0 Å². The van der Waals surface area contributed by atoms with Crippen LogP contribution in [0.3, 0.4) is 0 Å². The minimum absolute atomic E-state index is 0.802. The van der Waals surface area contributed by atoms with E-state index in [1.54, 1.807) is 0 Å². The Morgan fingerprint density at radius 3 is 2.09 bits per heavy atom. The van der Waals surface area contributed by atoms with E-state index in [1.807, 2.05) is 0 Å². The minimum Gasteiger partial charge on any atom is -0.474 e. The number of ether oxygens (including phenoxy) is 1. The second-order valence-corrected chi connectivity index (χ2v) is 3.00. The average Bonchev–Trinajstić information content (AvgIpc) is 2.10. The molecule has 0 aromatic heterocycles. The van der Waals surface area contributed by atoms with E-state index in [0.717, 1.165) is 16.4 Å². The van der Waals surface area contributed by atoms with Crippen LogP contribution in [-0.2, 0) is 9.16 Å². The van der Waals surface area contributed by atoms with Gasteiger partial charge in [0.05, 0.1) is 12.5 Å². The maximum Gasteiger partial charge on any atom is 0.229 e. The summed E-state index contributed by atoms with van der Waals surface area (Å²) in [6, 6.07) is 1.31. The van der Waals surface area contributed by atoms with Gasteiger partial charge in [0, 0.05) is 6.61 Å². The molecule has 0 unspecified atom stereocenters. The lowest BCUT2D eigenvalue weighted by Crippen LogP contribution is -2.06. The Balaban J connectivity index is 0.000000187. The fourth-order valence-electron chi connectivity index (χ4n) is 0.584. The van der Waals surface area contributed by atoms with E-state index in [-0.39, 0.29) is 0 Å². The molecule has 3 heteroatoms. The van der Waals surface area contributed by atoms with Crippen molar-refractivity contribution < 1.29 is 9.16 Å². The third kappa shape index (κ3) is 9.46.